The number of oxazole rings is 1. The Morgan fingerprint density at radius 1 is 1.07 bits per heavy atom. The van der Waals surface area contributed by atoms with Crippen molar-refractivity contribution >= 4 is 27.8 Å². The molecule has 152 valence electrons. The number of nitrogens with zero attached hydrogens (tertiary/aromatic N) is 4. The summed E-state index contributed by atoms with van der Waals surface area (Å²) in [5.74, 6) is 1.71. The summed E-state index contributed by atoms with van der Waals surface area (Å²) in [4.78, 5) is 16.0. The molecule has 1 aromatic carbocycles. The zero-order chi connectivity index (χ0) is 20.2. The molecule has 1 aliphatic carbocycles. The monoisotopic (exact) mass is 401 g/mol. The van der Waals surface area contributed by atoms with E-state index in [1.165, 1.54) is 12.8 Å². The quantitative estimate of drug-likeness (QED) is 0.538. The van der Waals surface area contributed by atoms with Crippen LogP contribution < -0.4 is 10.2 Å². The van der Waals surface area contributed by atoms with E-state index in [0.29, 0.717) is 34.3 Å². The van der Waals surface area contributed by atoms with Gasteiger partial charge in [0.25, 0.3) is 0 Å². The lowest BCUT2D eigenvalue weighted by molar-refractivity contribution is 0.477. The summed E-state index contributed by atoms with van der Waals surface area (Å²) in [5, 5.41) is 15.2. The van der Waals surface area contributed by atoms with Crippen molar-refractivity contribution in [2.45, 2.75) is 38.3 Å². The number of hydrogen-bond donors (Lipinski definition) is 2. The number of aryl methyl sites for hydroxylation is 1. The predicted octanol–water partition coefficient (Wildman–Crippen LogP) is 3.78. The average molecular weight is 401 g/mol. The minimum atomic E-state index is 0.138. The van der Waals surface area contributed by atoms with Gasteiger partial charge in [-0.3, -0.25) is 0 Å². The summed E-state index contributed by atoms with van der Waals surface area (Å²) >= 11 is 0. The highest BCUT2D eigenvalue weighted by atomic mass is 16.3. The second-order valence-electron chi connectivity index (χ2n) is 8.37. The molecular formula is C23H23N5O2. The van der Waals surface area contributed by atoms with Crippen LogP contribution in [0.5, 0.6) is 5.75 Å². The SMILES string of the molecule is Cc1nc2cc(O)c(-c3ccc4cc(N5CC[C@@H](NC6CC6)C5)ncc4n3)cc2o1. The Balaban J connectivity index is 1.30. The first-order valence-corrected chi connectivity index (χ1v) is 10.5. The number of nitrogens with one attached hydrogen (secondary N) is 1. The number of hydrogen-bond acceptors (Lipinski definition) is 7. The molecule has 1 saturated carbocycles. The molecule has 0 bridgehead atoms. The van der Waals surface area contributed by atoms with E-state index in [1.54, 1.807) is 19.1 Å². The maximum Gasteiger partial charge on any atom is 0.192 e. The van der Waals surface area contributed by atoms with Crippen LogP contribution in [-0.2, 0) is 0 Å². The Kier molecular flexibility index (Phi) is 3.92. The molecule has 0 spiro atoms. The largest absolute Gasteiger partial charge is 0.507 e. The average Bonchev–Trinajstić information content (AvgIpc) is 3.30. The minimum Gasteiger partial charge on any atom is -0.507 e. The van der Waals surface area contributed by atoms with E-state index < -0.39 is 0 Å². The number of aromatic hydroxyl groups is 1. The molecule has 1 atom stereocenters. The Hall–Kier alpha value is -3.19. The molecule has 6 rings (SSSR count). The van der Waals surface area contributed by atoms with Gasteiger partial charge in [0, 0.05) is 49.1 Å². The van der Waals surface area contributed by atoms with Crippen molar-refractivity contribution in [1.29, 1.82) is 0 Å². The number of phenolic OH excluding ortho intramolecular Hbond substituents is 1. The molecule has 2 fully saturated rings. The molecule has 4 aromatic rings. The molecule has 4 heterocycles. The van der Waals surface area contributed by atoms with Gasteiger partial charge in [0.15, 0.2) is 11.5 Å². The molecule has 3 aromatic heterocycles. The normalized spacial score (nSPS) is 19.2. The molecule has 2 aliphatic rings. The molecule has 1 aliphatic heterocycles. The van der Waals surface area contributed by atoms with E-state index in [9.17, 15) is 5.11 Å². The van der Waals surface area contributed by atoms with E-state index in [4.69, 9.17) is 9.40 Å². The first kappa shape index (κ1) is 17.7. The number of anilines is 1. The molecule has 7 heteroatoms. The summed E-state index contributed by atoms with van der Waals surface area (Å²) < 4.78 is 5.61. The van der Waals surface area contributed by atoms with Gasteiger partial charge in [-0.2, -0.15) is 0 Å². The van der Waals surface area contributed by atoms with Gasteiger partial charge >= 0.3 is 0 Å². The van der Waals surface area contributed by atoms with Crippen molar-refractivity contribution < 1.29 is 9.52 Å². The van der Waals surface area contributed by atoms with E-state index in [-0.39, 0.29) is 5.75 Å². The summed E-state index contributed by atoms with van der Waals surface area (Å²) in [7, 11) is 0. The summed E-state index contributed by atoms with van der Waals surface area (Å²) in [6.45, 7) is 3.82. The van der Waals surface area contributed by atoms with Gasteiger partial charge in [0.05, 0.1) is 17.4 Å². The minimum absolute atomic E-state index is 0.138. The number of benzene rings is 1. The molecule has 1 saturated heterocycles. The highest BCUT2D eigenvalue weighted by Crippen LogP contribution is 2.34. The fourth-order valence-electron chi connectivity index (χ4n) is 4.31. The number of phenols is 1. The van der Waals surface area contributed by atoms with Crippen molar-refractivity contribution in [1.82, 2.24) is 20.3 Å². The van der Waals surface area contributed by atoms with Crippen LogP contribution in [0.25, 0.3) is 33.3 Å². The van der Waals surface area contributed by atoms with Crippen LogP contribution in [0.3, 0.4) is 0 Å². The van der Waals surface area contributed by atoms with Gasteiger partial charge in [-0.25, -0.2) is 15.0 Å². The lowest BCUT2D eigenvalue weighted by Crippen LogP contribution is -2.34. The lowest BCUT2D eigenvalue weighted by Gasteiger charge is -2.18. The van der Waals surface area contributed by atoms with E-state index in [1.807, 2.05) is 18.3 Å². The molecule has 0 amide bonds. The molecular weight excluding hydrogens is 378 g/mol. The van der Waals surface area contributed by atoms with E-state index >= 15 is 0 Å². The first-order valence-electron chi connectivity index (χ1n) is 10.5. The van der Waals surface area contributed by atoms with Gasteiger partial charge < -0.3 is 19.7 Å². The number of pyridine rings is 2. The molecule has 7 nitrogen and oxygen atoms in total. The third-order valence-corrected chi connectivity index (χ3v) is 6.01. The third-order valence-electron chi connectivity index (χ3n) is 6.01. The Bertz CT molecular complexity index is 1260. The maximum absolute atomic E-state index is 10.5. The predicted molar refractivity (Wildman–Crippen MR) is 116 cm³/mol. The van der Waals surface area contributed by atoms with Gasteiger partial charge in [-0.1, -0.05) is 6.07 Å². The highest BCUT2D eigenvalue weighted by Gasteiger charge is 2.29. The zero-order valence-electron chi connectivity index (χ0n) is 16.8. The first-order chi connectivity index (χ1) is 14.6. The standard InChI is InChI=1S/C23H23N5O2/c1-13-25-19-10-21(29)17(9-22(19)30-13)18-5-2-14-8-23(24-11-20(14)27-18)28-7-6-16(12-28)26-15-3-4-15/h2,5,8-11,15-16,26,29H,3-4,6-7,12H2,1H3/t16-/m1/s1. The maximum atomic E-state index is 10.5. The van der Waals surface area contributed by atoms with Crippen LogP contribution in [0.1, 0.15) is 25.2 Å². The highest BCUT2D eigenvalue weighted by molar-refractivity contribution is 5.87. The molecule has 0 unspecified atom stereocenters. The summed E-state index contributed by atoms with van der Waals surface area (Å²) in [6.07, 6.45) is 5.62. The van der Waals surface area contributed by atoms with Crippen molar-refractivity contribution in [3.63, 3.8) is 0 Å². The van der Waals surface area contributed by atoms with Gasteiger partial charge in [-0.05, 0) is 37.5 Å². The van der Waals surface area contributed by atoms with Crippen LogP contribution in [0.15, 0.2) is 40.9 Å². The number of aromatic nitrogens is 3. The topological polar surface area (TPSA) is 87.3 Å². The molecule has 0 radical (unpaired) electrons. The van der Waals surface area contributed by atoms with Crippen molar-refractivity contribution in [2.75, 3.05) is 18.0 Å². The van der Waals surface area contributed by atoms with Crippen LogP contribution in [0, 0.1) is 6.92 Å². The van der Waals surface area contributed by atoms with Crippen LogP contribution in [0.4, 0.5) is 5.82 Å². The fourth-order valence-corrected chi connectivity index (χ4v) is 4.31. The van der Waals surface area contributed by atoms with Crippen molar-refractivity contribution in [3.8, 4) is 17.0 Å². The van der Waals surface area contributed by atoms with Crippen LogP contribution in [-0.4, -0.2) is 45.2 Å². The number of rotatable bonds is 4. The Morgan fingerprint density at radius 3 is 2.83 bits per heavy atom. The Morgan fingerprint density at radius 2 is 1.97 bits per heavy atom. The van der Waals surface area contributed by atoms with Crippen LogP contribution in [0.2, 0.25) is 0 Å². The molecule has 2 N–H and O–H groups in total. The smallest absolute Gasteiger partial charge is 0.192 e. The fraction of sp³-hybridized carbons (Fsp3) is 0.348. The third kappa shape index (κ3) is 3.15. The summed E-state index contributed by atoms with van der Waals surface area (Å²) in [6, 6.07) is 10.8. The van der Waals surface area contributed by atoms with Gasteiger partial charge in [-0.15, -0.1) is 0 Å². The second kappa shape index (κ2) is 6.67. The summed E-state index contributed by atoms with van der Waals surface area (Å²) in [5.41, 5.74) is 3.38. The van der Waals surface area contributed by atoms with E-state index in [0.717, 1.165) is 42.3 Å². The van der Waals surface area contributed by atoms with Crippen molar-refractivity contribution in [2.24, 2.45) is 0 Å². The second-order valence-corrected chi connectivity index (χ2v) is 8.37. The van der Waals surface area contributed by atoms with Crippen LogP contribution >= 0.6 is 0 Å². The Labute approximate surface area is 173 Å². The lowest BCUT2D eigenvalue weighted by atomic mass is 10.1. The number of fused-ring (bicyclic) bond motifs is 2. The molecule has 30 heavy (non-hydrogen) atoms. The zero-order valence-corrected chi connectivity index (χ0v) is 16.8. The van der Waals surface area contributed by atoms with Crippen molar-refractivity contribution in [3.05, 3.63) is 42.4 Å². The van der Waals surface area contributed by atoms with Gasteiger partial charge in [0.1, 0.15) is 17.1 Å². The van der Waals surface area contributed by atoms with E-state index in [2.05, 4.69) is 26.3 Å². The van der Waals surface area contributed by atoms with Gasteiger partial charge in [0.2, 0.25) is 0 Å².